The summed E-state index contributed by atoms with van der Waals surface area (Å²) in [5.41, 5.74) is 0. The Kier molecular flexibility index (Phi) is 3.03. The maximum absolute atomic E-state index is 11.6. The first-order chi connectivity index (χ1) is 7.11. The highest BCUT2D eigenvalue weighted by atomic mass is 16.2. The predicted octanol–water partition coefficient (Wildman–Crippen LogP) is 2.68. The quantitative estimate of drug-likeness (QED) is 0.600. The number of nitrogens with zero attached hydrogens (tertiary/aromatic N) is 1. The molecule has 0 radical (unpaired) electrons. The summed E-state index contributed by atoms with van der Waals surface area (Å²) in [5.74, 6) is 2.62. The van der Waals surface area contributed by atoms with E-state index in [-0.39, 0.29) is 5.91 Å². The Balaban J connectivity index is 2.13. The highest BCUT2D eigenvalue weighted by molar-refractivity contribution is 5.73. The fourth-order valence-corrected chi connectivity index (χ4v) is 3.63. The van der Waals surface area contributed by atoms with Gasteiger partial charge in [0.15, 0.2) is 0 Å². The van der Waals surface area contributed by atoms with Gasteiger partial charge in [0.05, 0.1) is 0 Å². The molecule has 2 nitrogen and oxygen atoms in total. The van der Waals surface area contributed by atoms with Gasteiger partial charge in [0, 0.05) is 19.5 Å². The van der Waals surface area contributed by atoms with Gasteiger partial charge in [-0.1, -0.05) is 19.8 Å². The lowest BCUT2D eigenvalue weighted by Crippen LogP contribution is -2.53. The third-order valence-corrected chi connectivity index (χ3v) is 4.73. The summed E-state index contributed by atoms with van der Waals surface area (Å²) < 4.78 is 0. The average molecular weight is 209 g/mol. The van der Waals surface area contributed by atoms with Gasteiger partial charge >= 0.3 is 0 Å². The Bertz CT molecular complexity index is 249. The van der Waals surface area contributed by atoms with Crippen LogP contribution in [0.3, 0.4) is 0 Å². The van der Waals surface area contributed by atoms with Gasteiger partial charge in [-0.05, 0) is 37.5 Å². The highest BCUT2D eigenvalue weighted by Crippen LogP contribution is 2.41. The summed E-state index contributed by atoms with van der Waals surface area (Å²) in [5, 5.41) is 0. The fourth-order valence-electron chi connectivity index (χ4n) is 3.63. The lowest BCUT2D eigenvalue weighted by molar-refractivity contribution is -0.137. The minimum atomic E-state index is 0.262. The van der Waals surface area contributed by atoms with Crippen molar-refractivity contribution in [3.63, 3.8) is 0 Å². The molecule has 0 N–H and O–H groups in total. The second-order valence-electron chi connectivity index (χ2n) is 5.48. The van der Waals surface area contributed by atoms with Crippen LogP contribution in [0.2, 0.25) is 0 Å². The standard InChI is InChI=1S/C13H23NO/c1-9-10(2)14(11(3)15)8-12-6-4-5-7-13(9)12/h9-10,12-13H,4-8H2,1-3H3/t9-,10+,12?,13?/m1/s1. The SMILES string of the molecule is CC(=O)N1CC2CCCCC2[C@H](C)[C@@H]1C. The normalized spacial score (nSPS) is 41.1. The molecule has 1 amide bonds. The van der Waals surface area contributed by atoms with Crippen molar-refractivity contribution in [1.29, 1.82) is 0 Å². The number of likely N-dealkylation sites (tertiary alicyclic amines) is 1. The van der Waals surface area contributed by atoms with Crippen molar-refractivity contribution in [1.82, 2.24) is 4.90 Å². The Morgan fingerprint density at radius 1 is 1.20 bits per heavy atom. The average Bonchev–Trinajstić information content (AvgIpc) is 2.23. The van der Waals surface area contributed by atoms with Gasteiger partial charge in [0.25, 0.3) is 0 Å². The molecule has 1 aliphatic heterocycles. The molecule has 2 rings (SSSR count). The van der Waals surface area contributed by atoms with Crippen molar-refractivity contribution in [3.8, 4) is 0 Å². The van der Waals surface area contributed by atoms with Crippen LogP contribution in [0.15, 0.2) is 0 Å². The summed E-state index contributed by atoms with van der Waals surface area (Å²) in [7, 11) is 0. The first kappa shape index (κ1) is 11.0. The molecule has 15 heavy (non-hydrogen) atoms. The Hall–Kier alpha value is -0.530. The summed E-state index contributed by atoms with van der Waals surface area (Å²) in [6, 6.07) is 0.446. The molecule has 1 heterocycles. The predicted molar refractivity (Wildman–Crippen MR) is 61.5 cm³/mol. The van der Waals surface area contributed by atoms with Crippen molar-refractivity contribution in [2.45, 2.75) is 52.5 Å². The van der Waals surface area contributed by atoms with Crippen LogP contribution < -0.4 is 0 Å². The second-order valence-corrected chi connectivity index (χ2v) is 5.48. The molecule has 2 fully saturated rings. The molecule has 1 saturated heterocycles. The van der Waals surface area contributed by atoms with Crippen molar-refractivity contribution >= 4 is 5.91 Å². The van der Waals surface area contributed by atoms with Crippen molar-refractivity contribution in [2.75, 3.05) is 6.54 Å². The monoisotopic (exact) mass is 209 g/mol. The minimum Gasteiger partial charge on any atom is -0.340 e. The van der Waals surface area contributed by atoms with Gasteiger partial charge < -0.3 is 4.90 Å². The number of carbonyl (C=O) groups is 1. The molecular formula is C13H23NO. The smallest absolute Gasteiger partial charge is 0.219 e. The van der Waals surface area contributed by atoms with Crippen molar-refractivity contribution < 1.29 is 4.79 Å². The van der Waals surface area contributed by atoms with E-state index in [9.17, 15) is 4.79 Å². The second kappa shape index (κ2) is 4.15. The fraction of sp³-hybridized carbons (Fsp3) is 0.923. The Labute approximate surface area is 93.0 Å². The lowest BCUT2D eigenvalue weighted by Gasteiger charge is -2.49. The van der Waals surface area contributed by atoms with Crippen LogP contribution in [0, 0.1) is 17.8 Å². The minimum absolute atomic E-state index is 0.262. The van der Waals surface area contributed by atoms with E-state index >= 15 is 0 Å². The van der Waals surface area contributed by atoms with E-state index in [1.165, 1.54) is 25.7 Å². The molecule has 4 atom stereocenters. The summed E-state index contributed by atoms with van der Waals surface area (Å²) >= 11 is 0. The van der Waals surface area contributed by atoms with E-state index in [0.717, 1.165) is 18.4 Å². The van der Waals surface area contributed by atoms with Crippen LogP contribution in [-0.2, 0) is 4.79 Å². The maximum atomic E-state index is 11.6. The molecular weight excluding hydrogens is 186 g/mol. The molecule has 2 heteroatoms. The van der Waals surface area contributed by atoms with Gasteiger partial charge in [-0.15, -0.1) is 0 Å². The van der Waals surface area contributed by atoms with Gasteiger partial charge in [-0.3, -0.25) is 4.79 Å². The molecule has 2 unspecified atom stereocenters. The van der Waals surface area contributed by atoms with E-state index in [1.54, 1.807) is 6.92 Å². The van der Waals surface area contributed by atoms with Crippen LogP contribution in [-0.4, -0.2) is 23.4 Å². The van der Waals surface area contributed by atoms with Crippen LogP contribution in [0.25, 0.3) is 0 Å². The third kappa shape index (κ3) is 1.91. The van der Waals surface area contributed by atoms with Gasteiger partial charge in [-0.2, -0.15) is 0 Å². The molecule has 2 aliphatic rings. The molecule has 0 aromatic heterocycles. The molecule has 0 spiro atoms. The van der Waals surface area contributed by atoms with Crippen molar-refractivity contribution in [3.05, 3.63) is 0 Å². The summed E-state index contributed by atoms with van der Waals surface area (Å²) in [6.45, 7) is 7.29. The number of hydrogen-bond donors (Lipinski definition) is 0. The number of fused-ring (bicyclic) bond motifs is 1. The number of amides is 1. The number of piperidine rings is 1. The molecule has 1 saturated carbocycles. The van der Waals surface area contributed by atoms with Gasteiger partial charge in [0.1, 0.15) is 0 Å². The van der Waals surface area contributed by atoms with Crippen molar-refractivity contribution in [2.24, 2.45) is 17.8 Å². The summed E-state index contributed by atoms with van der Waals surface area (Å²) in [4.78, 5) is 13.6. The molecule has 0 aromatic rings. The van der Waals surface area contributed by atoms with Gasteiger partial charge in [0.2, 0.25) is 5.91 Å². The van der Waals surface area contributed by atoms with E-state index < -0.39 is 0 Å². The van der Waals surface area contributed by atoms with E-state index in [1.807, 2.05) is 0 Å². The largest absolute Gasteiger partial charge is 0.340 e. The number of hydrogen-bond acceptors (Lipinski definition) is 1. The summed E-state index contributed by atoms with van der Waals surface area (Å²) in [6.07, 6.45) is 5.50. The van der Waals surface area contributed by atoms with Crippen LogP contribution in [0.5, 0.6) is 0 Å². The van der Waals surface area contributed by atoms with E-state index in [0.29, 0.717) is 12.0 Å². The zero-order valence-electron chi connectivity index (χ0n) is 10.2. The zero-order chi connectivity index (χ0) is 11.0. The van der Waals surface area contributed by atoms with Gasteiger partial charge in [-0.25, -0.2) is 0 Å². The van der Waals surface area contributed by atoms with Crippen LogP contribution in [0.4, 0.5) is 0 Å². The number of rotatable bonds is 0. The van der Waals surface area contributed by atoms with E-state index in [2.05, 4.69) is 18.7 Å². The third-order valence-electron chi connectivity index (χ3n) is 4.73. The zero-order valence-corrected chi connectivity index (χ0v) is 10.2. The first-order valence-corrected chi connectivity index (χ1v) is 6.38. The number of carbonyl (C=O) groups excluding carboxylic acids is 1. The lowest BCUT2D eigenvalue weighted by atomic mass is 9.68. The maximum Gasteiger partial charge on any atom is 0.219 e. The molecule has 0 aromatic carbocycles. The Morgan fingerprint density at radius 2 is 1.87 bits per heavy atom. The first-order valence-electron chi connectivity index (χ1n) is 6.38. The topological polar surface area (TPSA) is 20.3 Å². The molecule has 0 bridgehead atoms. The van der Waals surface area contributed by atoms with Crippen LogP contribution in [0.1, 0.15) is 46.5 Å². The highest BCUT2D eigenvalue weighted by Gasteiger charge is 2.40. The Morgan fingerprint density at radius 3 is 2.53 bits per heavy atom. The molecule has 1 aliphatic carbocycles. The van der Waals surface area contributed by atoms with Crippen LogP contribution >= 0.6 is 0 Å². The van der Waals surface area contributed by atoms with E-state index in [4.69, 9.17) is 0 Å². The molecule has 86 valence electrons.